The van der Waals surface area contributed by atoms with Gasteiger partial charge in [-0.1, -0.05) is 0 Å². The van der Waals surface area contributed by atoms with Gasteiger partial charge < -0.3 is 4.42 Å². The monoisotopic (exact) mass is 428 g/mol. The maximum absolute atomic E-state index is 12.9. The van der Waals surface area contributed by atoms with Crippen LogP contribution in [0.1, 0.15) is 32.6 Å². The van der Waals surface area contributed by atoms with E-state index in [2.05, 4.69) is 15.5 Å². The normalized spacial score (nSPS) is 11.2. The van der Waals surface area contributed by atoms with E-state index in [-0.39, 0.29) is 23.6 Å². The quantitative estimate of drug-likeness (QED) is 0.381. The molecule has 0 unspecified atom stereocenters. The first-order chi connectivity index (χ1) is 14.2. The van der Waals surface area contributed by atoms with Crippen LogP contribution in [0.3, 0.4) is 0 Å². The Morgan fingerprint density at radius 1 is 1.33 bits per heavy atom. The Morgan fingerprint density at radius 2 is 2.10 bits per heavy atom. The molecule has 0 spiro atoms. The Labute approximate surface area is 172 Å². The summed E-state index contributed by atoms with van der Waals surface area (Å²) in [6, 6.07) is 3.01. The van der Waals surface area contributed by atoms with Crippen molar-refractivity contribution < 1.29 is 14.1 Å². The van der Waals surface area contributed by atoms with E-state index in [0.717, 1.165) is 21.3 Å². The summed E-state index contributed by atoms with van der Waals surface area (Å²) in [4.78, 5) is 41.7. The molecule has 0 fully saturated rings. The third kappa shape index (κ3) is 3.37. The number of aromatic nitrogens is 4. The van der Waals surface area contributed by atoms with E-state index in [0.29, 0.717) is 21.8 Å². The minimum absolute atomic E-state index is 0.0173. The molecule has 0 aliphatic rings. The fraction of sp³-hybridized carbons (Fsp3) is 0.222. The maximum Gasteiger partial charge on any atom is 0.307 e. The molecule has 154 valence electrons. The molecule has 4 rings (SSSR count). The maximum atomic E-state index is 12.9. The molecule has 4 heterocycles. The van der Waals surface area contributed by atoms with Gasteiger partial charge in [-0.3, -0.25) is 29.8 Å². The van der Waals surface area contributed by atoms with Crippen LogP contribution in [0.5, 0.6) is 0 Å². The van der Waals surface area contributed by atoms with Crippen LogP contribution in [0.4, 0.5) is 5.69 Å². The van der Waals surface area contributed by atoms with Gasteiger partial charge in [0, 0.05) is 4.88 Å². The van der Waals surface area contributed by atoms with Gasteiger partial charge in [0.2, 0.25) is 0 Å². The van der Waals surface area contributed by atoms with Crippen LogP contribution in [0.25, 0.3) is 10.2 Å². The minimum atomic E-state index is -0.622. The Kier molecular flexibility index (Phi) is 4.70. The molecule has 11 nitrogen and oxygen atoms in total. The zero-order chi connectivity index (χ0) is 21.6. The van der Waals surface area contributed by atoms with Gasteiger partial charge in [0.15, 0.2) is 5.76 Å². The number of hydrogen-bond acceptors (Lipinski definition) is 8. The van der Waals surface area contributed by atoms with Crippen LogP contribution in [-0.4, -0.2) is 30.3 Å². The predicted molar refractivity (Wildman–Crippen MR) is 108 cm³/mol. The lowest BCUT2D eigenvalue weighted by atomic mass is 10.2. The van der Waals surface area contributed by atoms with E-state index < -0.39 is 10.8 Å². The van der Waals surface area contributed by atoms with Crippen molar-refractivity contribution in [2.24, 2.45) is 0 Å². The number of carbonyl (C=O) groups excluding carboxylic acids is 1. The number of nitro groups is 1. The van der Waals surface area contributed by atoms with E-state index in [1.165, 1.54) is 28.3 Å². The second-order valence-electron chi connectivity index (χ2n) is 6.62. The number of thiophene rings is 1. The van der Waals surface area contributed by atoms with Crippen LogP contribution in [0, 0.1) is 30.9 Å². The van der Waals surface area contributed by atoms with Crippen molar-refractivity contribution in [1.29, 1.82) is 0 Å². The van der Waals surface area contributed by atoms with Gasteiger partial charge in [0.1, 0.15) is 28.8 Å². The summed E-state index contributed by atoms with van der Waals surface area (Å²) in [6.07, 6.45) is 2.39. The van der Waals surface area contributed by atoms with Crippen LogP contribution < -0.4 is 11.0 Å². The highest BCUT2D eigenvalue weighted by atomic mass is 32.1. The third-order valence-electron chi connectivity index (χ3n) is 4.62. The molecule has 12 heteroatoms. The Bertz CT molecular complexity index is 1360. The summed E-state index contributed by atoms with van der Waals surface area (Å²) in [7, 11) is 0. The van der Waals surface area contributed by atoms with E-state index >= 15 is 0 Å². The molecule has 0 aliphatic carbocycles. The number of nitrogens with one attached hydrogen (secondary N) is 1. The first-order valence-corrected chi connectivity index (χ1v) is 9.62. The smallest absolute Gasteiger partial charge is 0.307 e. The standard InChI is InChI=1S/C18H16N6O5S/c1-9-10(2)30-17-15(9)18(26)23(11(3)20-17)21-16(25)14-5-4-13(29-14)8-22-7-12(6-19-22)24(27)28/h4-7H,8H2,1-3H3,(H,21,25). The predicted octanol–water partition coefficient (Wildman–Crippen LogP) is 2.51. The number of hydrogen-bond donors (Lipinski definition) is 1. The number of fused-ring (bicyclic) bond motifs is 1. The van der Waals surface area contributed by atoms with Gasteiger partial charge in [-0.25, -0.2) is 9.66 Å². The first kappa shape index (κ1) is 19.5. The number of carbonyl (C=O) groups is 1. The van der Waals surface area contributed by atoms with Gasteiger partial charge in [-0.05, 0) is 38.5 Å². The van der Waals surface area contributed by atoms with Crippen molar-refractivity contribution in [3.05, 3.63) is 72.8 Å². The molecule has 1 amide bonds. The summed E-state index contributed by atoms with van der Waals surface area (Å²) in [5.41, 5.74) is 2.86. The molecule has 1 N–H and O–H groups in total. The molecule has 0 aromatic carbocycles. The molecule has 0 atom stereocenters. The second-order valence-corrected chi connectivity index (χ2v) is 7.83. The van der Waals surface area contributed by atoms with E-state index in [9.17, 15) is 19.7 Å². The van der Waals surface area contributed by atoms with Crippen LogP contribution in [0.15, 0.2) is 33.7 Å². The number of amides is 1. The Hall–Kier alpha value is -3.80. The Balaban J connectivity index is 1.57. The van der Waals surface area contributed by atoms with Crippen LogP contribution in [-0.2, 0) is 6.54 Å². The van der Waals surface area contributed by atoms with Crippen LogP contribution in [0.2, 0.25) is 0 Å². The second kappa shape index (κ2) is 7.22. The van der Waals surface area contributed by atoms with Gasteiger partial charge in [-0.2, -0.15) is 5.10 Å². The largest absolute Gasteiger partial charge is 0.454 e. The molecule has 0 radical (unpaired) electrons. The lowest BCUT2D eigenvalue weighted by molar-refractivity contribution is -0.385. The molecule has 0 saturated heterocycles. The van der Waals surface area contributed by atoms with E-state index in [1.54, 1.807) is 13.0 Å². The number of aryl methyl sites for hydroxylation is 3. The van der Waals surface area contributed by atoms with Gasteiger partial charge in [-0.15, -0.1) is 11.3 Å². The first-order valence-electron chi connectivity index (χ1n) is 8.81. The number of rotatable bonds is 5. The van der Waals surface area contributed by atoms with Gasteiger partial charge in [0.05, 0.1) is 16.9 Å². The Morgan fingerprint density at radius 3 is 2.80 bits per heavy atom. The van der Waals surface area contributed by atoms with Gasteiger partial charge in [0.25, 0.3) is 5.56 Å². The number of furan rings is 1. The average Bonchev–Trinajstić information content (AvgIpc) is 3.40. The molecule has 0 bridgehead atoms. The minimum Gasteiger partial charge on any atom is -0.454 e. The van der Waals surface area contributed by atoms with E-state index in [4.69, 9.17) is 4.42 Å². The third-order valence-corrected chi connectivity index (χ3v) is 5.72. The summed E-state index contributed by atoms with van der Waals surface area (Å²) >= 11 is 1.43. The summed E-state index contributed by atoms with van der Waals surface area (Å²) in [5.74, 6) is 0.0813. The van der Waals surface area contributed by atoms with Crippen molar-refractivity contribution in [1.82, 2.24) is 19.4 Å². The van der Waals surface area contributed by atoms with Crippen LogP contribution >= 0.6 is 11.3 Å². The molecular weight excluding hydrogens is 412 g/mol. The highest BCUT2D eigenvalue weighted by molar-refractivity contribution is 7.18. The molecule has 0 saturated carbocycles. The summed E-state index contributed by atoms with van der Waals surface area (Å²) < 4.78 is 7.94. The SMILES string of the molecule is Cc1sc2nc(C)n(NC(=O)c3ccc(Cn4cc([N+](=O)[O-])cn4)o3)c(=O)c2c1C. The van der Waals surface area contributed by atoms with Crippen molar-refractivity contribution in [3.63, 3.8) is 0 Å². The highest BCUT2D eigenvalue weighted by Crippen LogP contribution is 2.26. The average molecular weight is 428 g/mol. The van der Waals surface area contributed by atoms with E-state index in [1.807, 2.05) is 13.8 Å². The van der Waals surface area contributed by atoms with Crippen molar-refractivity contribution in [2.45, 2.75) is 27.3 Å². The zero-order valence-electron chi connectivity index (χ0n) is 16.2. The lowest BCUT2D eigenvalue weighted by Gasteiger charge is -2.10. The summed E-state index contributed by atoms with van der Waals surface area (Å²) in [5, 5.41) is 15.1. The van der Waals surface area contributed by atoms with Crippen molar-refractivity contribution in [3.8, 4) is 0 Å². The topological polar surface area (TPSA) is 138 Å². The fourth-order valence-corrected chi connectivity index (χ4v) is 4.03. The molecule has 0 aliphatic heterocycles. The fourth-order valence-electron chi connectivity index (χ4n) is 2.96. The molecule has 4 aromatic rings. The van der Waals surface area contributed by atoms with Crippen molar-refractivity contribution >= 4 is 33.1 Å². The lowest BCUT2D eigenvalue weighted by Crippen LogP contribution is -2.35. The van der Waals surface area contributed by atoms with Gasteiger partial charge >= 0.3 is 11.6 Å². The molecule has 30 heavy (non-hydrogen) atoms. The number of nitrogens with zero attached hydrogens (tertiary/aromatic N) is 5. The molecule has 4 aromatic heterocycles. The summed E-state index contributed by atoms with van der Waals surface area (Å²) in [6.45, 7) is 5.50. The highest BCUT2D eigenvalue weighted by Gasteiger charge is 2.18. The zero-order valence-corrected chi connectivity index (χ0v) is 17.0. The van der Waals surface area contributed by atoms with Crippen molar-refractivity contribution in [2.75, 3.05) is 5.43 Å². The molecular formula is C18H16N6O5S.